The van der Waals surface area contributed by atoms with Crippen LogP contribution in [0.15, 0.2) is 24.3 Å². The van der Waals surface area contributed by atoms with Crippen LogP contribution in [0, 0.1) is 0 Å². The van der Waals surface area contributed by atoms with Crippen LogP contribution in [0.2, 0.25) is 0 Å². The highest BCUT2D eigenvalue weighted by Gasteiger charge is 2.23. The van der Waals surface area contributed by atoms with Crippen LogP contribution in [0.25, 0.3) is 10.1 Å². The third kappa shape index (κ3) is 2.42. The van der Waals surface area contributed by atoms with Gasteiger partial charge in [0.1, 0.15) is 11.4 Å². The molecule has 0 amide bonds. The maximum Gasteiger partial charge on any atom is 0.352 e. The van der Waals surface area contributed by atoms with Gasteiger partial charge in [-0.05, 0) is 32.9 Å². The minimum atomic E-state index is -0.556. The first-order chi connectivity index (χ1) is 7.88. The normalized spacial score (nSPS) is 11.7. The molecule has 3 nitrogen and oxygen atoms in total. The van der Waals surface area contributed by atoms with E-state index in [1.54, 1.807) is 26.8 Å². The van der Waals surface area contributed by atoms with Crippen molar-refractivity contribution in [1.82, 2.24) is 0 Å². The number of carbonyl (C=O) groups excluding carboxylic acids is 1. The van der Waals surface area contributed by atoms with Gasteiger partial charge in [0.05, 0.1) is 0 Å². The second-order valence-electron chi connectivity index (χ2n) is 4.78. The lowest BCUT2D eigenvalue weighted by Gasteiger charge is -2.18. The Morgan fingerprint density at radius 3 is 2.53 bits per heavy atom. The summed E-state index contributed by atoms with van der Waals surface area (Å²) in [6, 6.07) is 7.35. The maximum atomic E-state index is 11.9. The largest absolute Gasteiger partial charge is 0.505 e. The molecule has 0 aliphatic heterocycles. The molecule has 17 heavy (non-hydrogen) atoms. The fraction of sp³-hybridized carbons (Fsp3) is 0.308. The van der Waals surface area contributed by atoms with Crippen molar-refractivity contribution in [2.45, 2.75) is 26.4 Å². The average Bonchev–Trinajstić information content (AvgIpc) is 2.55. The van der Waals surface area contributed by atoms with E-state index >= 15 is 0 Å². The minimum absolute atomic E-state index is 0.0138. The Morgan fingerprint density at radius 1 is 1.29 bits per heavy atom. The zero-order chi connectivity index (χ0) is 12.6. The Balaban J connectivity index is 2.43. The van der Waals surface area contributed by atoms with E-state index in [0.717, 1.165) is 4.70 Å². The zero-order valence-corrected chi connectivity index (χ0v) is 10.8. The van der Waals surface area contributed by atoms with E-state index in [0.29, 0.717) is 5.39 Å². The number of fused-ring (bicyclic) bond motifs is 1. The number of hydrogen-bond donors (Lipinski definition) is 1. The number of carbonyl (C=O) groups is 1. The van der Waals surface area contributed by atoms with Crippen LogP contribution in [0.4, 0.5) is 0 Å². The number of thiophene rings is 1. The molecular formula is C13H14O3S. The van der Waals surface area contributed by atoms with Crippen molar-refractivity contribution in [1.29, 1.82) is 0 Å². The van der Waals surface area contributed by atoms with E-state index in [4.69, 9.17) is 4.74 Å². The predicted octanol–water partition coefficient (Wildman–Crippen LogP) is 3.56. The first-order valence-electron chi connectivity index (χ1n) is 5.32. The molecule has 90 valence electrons. The summed E-state index contributed by atoms with van der Waals surface area (Å²) < 4.78 is 6.13. The van der Waals surface area contributed by atoms with E-state index in [2.05, 4.69) is 0 Å². The Labute approximate surface area is 104 Å². The molecule has 0 bridgehead atoms. The van der Waals surface area contributed by atoms with Gasteiger partial charge in [-0.25, -0.2) is 4.79 Å². The van der Waals surface area contributed by atoms with Gasteiger partial charge >= 0.3 is 5.97 Å². The summed E-state index contributed by atoms with van der Waals surface area (Å²) in [4.78, 5) is 12.1. The molecule has 0 saturated heterocycles. The minimum Gasteiger partial charge on any atom is -0.505 e. The van der Waals surface area contributed by atoms with Crippen molar-refractivity contribution in [2.24, 2.45) is 0 Å². The fourth-order valence-corrected chi connectivity index (χ4v) is 2.47. The summed E-state index contributed by atoms with van der Waals surface area (Å²) >= 11 is 1.25. The number of esters is 1. The van der Waals surface area contributed by atoms with Gasteiger partial charge in [-0.2, -0.15) is 0 Å². The fourth-order valence-electron chi connectivity index (χ4n) is 1.49. The van der Waals surface area contributed by atoms with Crippen LogP contribution in [-0.2, 0) is 4.74 Å². The molecule has 0 aliphatic carbocycles. The summed E-state index contributed by atoms with van der Waals surface area (Å²) in [5, 5.41) is 10.7. The molecule has 0 saturated carbocycles. The Bertz CT molecular complexity index is 564. The van der Waals surface area contributed by atoms with Gasteiger partial charge in [0, 0.05) is 10.1 Å². The summed E-state index contributed by atoms with van der Waals surface area (Å²) in [6.45, 7) is 5.40. The highest BCUT2D eigenvalue weighted by atomic mass is 32.1. The number of hydrogen-bond acceptors (Lipinski definition) is 4. The quantitative estimate of drug-likeness (QED) is 0.787. The van der Waals surface area contributed by atoms with E-state index in [9.17, 15) is 9.90 Å². The second kappa shape index (κ2) is 4.04. The molecule has 1 aromatic heterocycles. The lowest BCUT2D eigenvalue weighted by molar-refractivity contribution is 0.00730. The van der Waals surface area contributed by atoms with Gasteiger partial charge in [-0.3, -0.25) is 0 Å². The molecule has 0 spiro atoms. The van der Waals surface area contributed by atoms with Crippen molar-refractivity contribution in [3.05, 3.63) is 29.1 Å². The lowest BCUT2D eigenvalue weighted by atomic mass is 10.2. The van der Waals surface area contributed by atoms with Crippen molar-refractivity contribution in [2.75, 3.05) is 0 Å². The standard InChI is InChI=1S/C13H14O3S/c1-13(2,3)16-12(15)11-10(14)8-6-4-5-7-9(8)17-11/h4-7,14H,1-3H3. The van der Waals surface area contributed by atoms with Crippen molar-refractivity contribution >= 4 is 27.4 Å². The van der Waals surface area contributed by atoms with Crippen molar-refractivity contribution < 1.29 is 14.6 Å². The van der Waals surface area contributed by atoms with Crippen LogP contribution in [0.3, 0.4) is 0 Å². The van der Waals surface area contributed by atoms with Gasteiger partial charge in [0.15, 0.2) is 4.88 Å². The van der Waals surface area contributed by atoms with Crippen molar-refractivity contribution in [3.8, 4) is 5.75 Å². The molecule has 0 unspecified atom stereocenters. The number of rotatable bonds is 1. The molecule has 2 rings (SSSR count). The SMILES string of the molecule is CC(C)(C)OC(=O)c1sc2ccccc2c1O. The molecule has 0 aliphatic rings. The molecule has 2 aromatic rings. The van der Waals surface area contributed by atoms with Gasteiger partial charge in [0.25, 0.3) is 0 Å². The zero-order valence-electron chi connectivity index (χ0n) is 9.98. The van der Waals surface area contributed by atoms with E-state index in [1.807, 2.05) is 18.2 Å². The molecule has 0 radical (unpaired) electrons. The molecule has 1 aromatic carbocycles. The van der Waals surface area contributed by atoms with E-state index in [1.165, 1.54) is 11.3 Å². The number of ether oxygens (including phenoxy) is 1. The third-order valence-corrected chi connectivity index (χ3v) is 3.29. The molecule has 0 atom stereocenters. The van der Waals surface area contributed by atoms with Crippen LogP contribution in [-0.4, -0.2) is 16.7 Å². The first kappa shape index (κ1) is 11.9. The lowest BCUT2D eigenvalue weighted by Crippen LogP contribution is -2.23. The van der Waals surface area contributed by atoms with Gasteiger partial charge in [0.2, 0.25) is 0 Å². The van der Waals surface area contributed by atoms with Crippen LogP contribution >= 0.6 is 11.3 Å². The second-order valence-corrected chi connectivity index (χ2v) is 5.83. The van der Waals surface area contributed by atoms with Crippen LogP contribution in [0.1, 0.15) is 30.4 Å². The predicted molar refractivity (Wildman–Crippen MR) is 68.7 cm³/mol. The molecular weight excluding hydrogens is 236 g/mol. The molecule has 4 heteroatoms. The first-order valence-corrected chi connectivity index (χ1v) is 6.14. The highest BCUT2D eigenvalue weighted by molar-refractivity contribution is 7.21. The van der Waals surface area contributed by atoms with Crippen LogP contribution in [0.5, 0.6) is 5.75 Å². The number of aromatic hydroxyl groups is 1. The maximum absolute atomic E-state index is 11.9. The summed E-state index contributed by atoms with van der Waals surface area (Å²) in [6.07, 6.45) is 0. The Hall–Kier alpha value is -1.55. The highest BCUT2D eigenvalue weighted by Crippen LogP contribution is 2.37. The van der Waals surface area contributed by atoms with E-state index in [-0.39, 0.29) is 10.6 Å². The average molecular weight is 250 g/mol. The molecule has 1 heterocycles. The third-order valence-electron chi connectivity index (χ3n) is 2.15. The van der Waals surface area contributed by atoms with Gasteiger partial charge in [-0.15, -0.1) is 11.3 Å². The topological polar surface area (TPSA) is 46.5 Å². The van der Waals surface area contributed by atoms with Gasteiger partial charge in [-0.1, -0.05) is 12.1 Å². The Morgan fingerprint density at radius 2 is 1.94 bits per heavy atom. The molecule has 0 fully saturated rings. The Kier molecular flexibility index (Phi) is 2.83. The summed E-state index contributed by atoms with van der Waals surface area (Å²) in [5.74, 6) is -0.462. The number of benzene rings is 1. The van der Waals surface area contributed by atoms with Crippen molar-refractivity contribution in [3.63, 3.8) is 0 Å². The summed E-state index contributed by atoms with van der Waals surface area (Å²) in [7, 11) is 0. The van der Waals surface area contributed by atoms with Crippen LogP contribution < -0.4 is 0 Å². The van der Waals surface area contributed by atoms with E-state index < -0.39 is 11.6 Å². The smallest absolute Gasteiger partial charge is 0.352 e. The van der Waals surface area contributed by atoms with Gasteiger partial charge < -0.3 is 9.84 Å². The molecule has 1 N–H and O–H groups in total. The monoisotopic (exact) mass is 250 g/mol. The summed E-state index contributed by atoms with van der Waals surface area (Å²) in [5.41, 5.74) is -0.556.